The van der Waals surface area contributed by atoms with Gasteiger partial charge in [-0.1, -0.05) is 17.7 Å². The predicted molar refractivity (Wildman–Crippen MR) is 128 cm³/mol. The van der Waals surface area contributed by atoms with Crippen molar-refractivity contribution in [3.05, 3.63) is 83.4 Å². The Labute approximate surface area is 192 Å². The number of imide groups is 1. The molecule has 1 fully saturated rings. The molecule has 168 valence electrons. The molecule has 0 unspecified atom stereocenters. The van der Waals surface area contributed by atoms with Gasteiger partial charge < -0.3 is 15.4 Å². The van der Waals surface area contributed by atoms with Crippen molar-refractivity contribution >= 4 is 34.8 Å². The minimum absolute atomic E-state index is 0.0753. The molecule has 0 bridgehead atoms. The van der Waals surface area contributed by atoms with Crippen molar-refractivity contribution in [3.8, 4) is 5.75 Å². The number of nitrogens with one attached hydrogen (secondary N) is 2. The summed E-state index contributed by atoms with van der Waals surface area (Å²) in [4.78, 5) is 39.3. The summed E-state index contributed by atoms with van der Waals surface area (Å²) in [7, 11) is 1.58. The maximum Gasteiger partial charge on any atom is 0.256 e. The lowest BCUT2D eigenvalue weighted by molar-refractivity contribution is -0.121. The first-order valence-electron chi connectivity index (χ1n) is 10.6. The molecule has 7 nitrogen and oxygen atoms in total. The van der Waals surface area contributed by atoms with Crippen LogP contribution in [0.2, 0.25) is 0 Å². The first-order valence-corrected chi connectivity index (χ1v) is 10.6. The van der Waals surface area contributed by atoms with Crippen molar-refractivity contribution in [1.82, 2.24) is 0 Å². The fourth-order valence-corrected chi connectivity index (χ4v) is 3.85. The molecular formula is C26H25N3O4. The summed E-state index contributed by atoms with van der Waals surface area (Å²) in [6, 6.07) is 18.8. The van der Waals surface area contributed by atoms with Crippen molar-refractivity contribution in [2.24, 2.45) is 0 Å². The van der Waals surface area contributed by atoms with E-state index in [1.165, 1.54) is 4.90 Å². The van der Waals surface area contributed by atoms with Crippen molar-refractivity contribution < 1.29 is 19.1 Å². The number of nitrogens with zero attached hydrogens (tertiary/aromatic N) is 1. The second-order valence-corrected chi connectivity index (χ2v) is 8.02. The number of ether oxygens (including phenoxy) is 1. The zero-order chi connectivity index (χ0) is 23.5. The topological polar surface area (TPSA) is 87.7 Å². The highest BCUT2D eigenvalue weighted by Gasteiger charge is 2.40. The lowest BCUT2D eigenvalue weighted by Gasteiger charge is -2.18. The van der Waals surface area contributed by atoms with E-state index in [0.29, 0.717) is 28.4 Å². The van der Waals surface area contributed by atoms with Gasteiger partial charge in [0.15, 0.2) is 0 Å². The number of methoxy groups -OCH3 is 1. The van der Waals surface area contributed by atoms with E-state index in [-0.39, 0.29) is 24.1 Å². The van der Waals surface area contributed by atoms with E-state index in [2.05, 4.69) is 10.6 Å². The largest absolute Gasteiger partial charge is 0.497 e. The van der Waals surface area contributed by atoms with Crippen LogP contribution >= 0.6 is 0 Å². The Morgan fingerprint density at radius 2 is 1.61 bits per heavy atom. The number of aryl methyl sites for hydroxylation is 2. The molecule has 7 heteroatoms. The van der Waals surface area contributed by atoms with Crippen molar-refractivity contribution in [2.45, 2.75) is 26.3 Å². The van der Waals surface area contributed by atoms with Crippen LogP contribution < -0.4 is 20.3 Å². The number of anilines is 3. The van der Waals surface area contributed by atoms with Crippen molar-refractivity contribution in [2.75, 3.05) is 22.6 Å². The molecule has 3 amide bonds. The second-order valence-electron chi connectivity index (χ2n) is 8.02. The van der Waals surface area contributed by atoms with Gasteiger partial charge in [0.05, 0.1) is 19.2 Å². The van der Waals surface area contributed by atoms with E-state index in [4.69, 9.17) is 4.74 Å². The highest BCUT2D eigenvalue weighted by molar-refractivity contribution is 6.23. The van der Waals surface area contributed by atoms with Crippen LogP contribution in [-0.2, 0) is 9.59 Å². The molecule has 3 aromatic carbocycles. The Balaban J connectivity index is 1.41. The average molecular weight is 444 g/mol. The van der Waals surface area contributed by atoms with Crippen LogP contribution in [-0.4, -0.2) is 30.9 Å². The number of carbonyl (C=O) groups is 3. The van der Waals surface area contributed by atoms with Crippen LogP contribution in [0.3, 0.4) is 0 Å². The Morgan fingerprint density at radius 1 is 0.939 bits per heavy atom. The third-order valence-electron chi connectivity index (χ3n) is 5.58. The molecule has 0 spiro atoms. The van der Waals surface area contributed by atoms with Gasteiger partial charge in [0.25, 0.3) is 11.8 Å². The molecule has 0 radical (unpaired) electrons. The second kappa shape index (κ2) is 9.16. The minimum Gasteiger partial charge on any atom is -0.497 e. The SMILES string of the molecule is COc1ccc(NC(=O)c2ccc(N[C@@H]3CC(=O)N(c4ccc(C)cc4C)C3=O)cc2)cc1. The first-order chi connectivity index (χ1) is 15.9. The third kappa shape index (κ3) is 4.72. The van der Waals surface area contributed by atoms with Gasteiger partial charge in [-0.3, -0.25) is 14.4 Å². The number of carbonyl (C=O) groups excluding carboxylic acids is 3. The number of hydrogen-bond donors (Lipinski definition) is 2. The van der Waals surface area contributed by atoms with Crippen LogP contribution in [0.4, 0.5) is 17.1 Å². The normalized spacial score (nSPS) is 15.5. The van der Waals surface area contributed by atoms with Gasteiger partial charge in [0.2, 0.25) is 5.91 Å². The Bertz CT molecular complexity index is 1200. The number of rotatable bonds is 6. The standard InChI is InChI=1S/C26H25N3O4/c1-16-4-13-23(17(2)14-16)29-24(30)15-22(26(29)32)27-19-7-5-18(6-8-19)25(31)28-20-9-11-21(33-3)12-10-20/h4-14,22,27H,15H2,1-3H3,(H,28,31)/t22-/m1/s1. The smallest absolute Gasteiger partial charge is 0.256 e. The zero-order valence-corrected chi connectivity index (χ0v) is 18.7. The Kier molecular flexibility index (Phi) is 6.13. The fourth-order valence-electron chi connectivity index (χ4n) is 3.85. The van der Waals surface area contributed by atoms with Gasteiger partial charge in [-0.25, -0.2) is 4.90 Å². The zero-order valence-electron chi connectivity index (χ0n) is 18.7. The Hall–Kier alpha value is -4.13. The van der Waals surface area contributed by atoms with Gasteiger partial charge in [-0.2, -0.15) is 0 Å². The maximum atomic E-state index is 13.0. The molecule has 1 aliphatic heterocycles. The average Bonchev–Trinajstić information content (AvgIpc) is 3.07. The summed E-state index contributed by atoms with van der Waals surface area (Å²) >= 11 is 0. The summed E-state index contributed by atoms with van der Waals surface area (Å²) in [5.41, 5.74) is 4.35. The van der Waals surface area contributed by atoms with Crippen molar-refractivity contribution in [3.63, 3.8) is 0 Å². The van der Waals surface area contributed by atoms with Crippen LogP contribution in [0, 0.1) is 13.8 Å². The van der Waals surface area contributed by atoms with Gasteiger partial charge in [0, 0.05) is 16.9 Å². The van der Waals surface area contributed by atoms with Gasteiger partial charge in [-0.05, 0) is 74.0 Å². The predicted octanol–water partition coefficient (Wildman–Crippen LogP) is 4.31. The molecule has 33 heavy (non-hydrogen) atoms. The lowest BCUT2D eigenvalue weighted by Crippen LogP contribution is -2.35. The van der Waals surface area contributed by atoms with E-state index in [0.717, 1.165) is 11.1 Å². The van der Waals surface area contributed by atoms with Crippen LogP contribution in [0.15, 0.2) is 66.7 Å². The Morgan fingerprint density at radius 3 is 2.24 bits per heavy atom. The van der Waals surface area contributed by atoms with E-state index >= 15 is 0 Å². The quantitative estimate of drug-likeness (QED) is 0.555. The molecule has 3 aromatic rings. The number of hydrogen-bond acceptors (Lipinski definition) is 5. The monoisotopic (exact) mass is 443 g/mol. The van der Waals surface area contributed by atoms with Crippen LogP contribution in [0.25, 0.3) is 0 Å². The molecule has 1 heterocycles. The van der Waals surface area contributed by atoms with Gasteiger partial charge in [-0.15, -0.1) is 0 Å². The molecule has 0 aromatic heterocycles. The molecule has 1 atom stereocenters. The highest BCUT2D eigenvalue weighted by atomic mass is 16.5. The molecule has 1 saturated heterocycles. The van der Waals surface area contributed by atoms with Gasteiger partial charge in [0.1, 0.15) is 11.8 Å². The maximum absolute atomic E-state index is 13.0. The summed E-state index contributed by atoms with van der Waals surface area (Å²) in [5, 5.41) is 5.95. The summed E-state index contributed by atoms with van der Waals surface area (Å²) in [6.07, 6.45) is 0.0753. The number of benzene rings is 3. The lowest BCUT2D eigenvalue weighted by atomic mass is 10.1. The third-order valence-corrected chi connectivity index (χ3v) is 5.58. The molecular weight excluding hydrogens is 418 g/mol. The first kappa shape index (κ1) is 22.1. The molecule has 1 aliphatic rings. The van der Waals surface area contributed by atoms with E-state index in [1.54, 1.807) is 61.7 Å². The van der Waals surface area contributed by atoms with E-state index < -0.39 is 6.04 Å². The van der Waals surface area contributed by atoms with E-state index in [9.17, 15) is 14.4 Å². The van der Waals surface area contributed by atoms with Crippen LogP contribution in [0.5, 0.6) is 5.75 Å². The van der Waals surface area contributed by atoms with E-state index in [1.807, 2.05) is 26.0 Å². The highest BCUT2D eigenvalue weighted by Crippen LogP contribution is 2.28. The van der Waals surface area contributed by atoms with Crippen LogP contribution in [0.1, 0.15) is 27.9 Å². The molecule has 0 saturated carbocycles. The molecule has 2 N–H and O–H groups in total. The minimum atomic E-state index is -0.655. The van der Waals surface area contributed by atoms with Gasteiger partial charge >= 0.3 is 0 Å². The summed E-state index contributed by atoms with van der Waals surface area (Å²) in [6.45, 7) is 3.86. The molecule has 0 aliphatic carbocycles. The summed E-state index contributed by atoms with van der Waals surface area (Å²) in [5.74, 6) is -0.0625. The number of amides is 3. The fraction of sp³-hybridized carbons (Fsp3) is 0.192. The summed E-state index contributed by atoms with van der Waals surface area (Å²) < 4.78 is 5.12. The van der Waals surface area contributed by atoms with Crippen molar-refractivity contribution in [1.29, 1.82) is 0 Å². The molecule has 4 rings (SSSR count).